The van der Waals surface area contributed by atoms with Gasteiger partial charge in [-0.25, -0.2) is 9.97 Å². The number of amides is 1. The minimum atomic E-state index is -0.0138. The molecule has 2 aromatic rings. The molecule has 2 heterocycles. The van der Waals surface area contributed by atoms with E-state index in [0.717, 1.165) is 42.9 Å². The molecule has 1 aliphatic heterocycles. The van der Waals surface area contributed by atoms with Crippen LogP contribution >= 0.6 is 15.9 Å². The van der Waals surface area contributed by atoms with Crippen LogP contribution in [0.15, 0.2) is 47.2 Å². The van der Waals surface area contributed by atoms with Crippen LogP contribution in [0.25, 0.3) is 0 Å². The fourth-order valence-corrected chi connectivity index (χ4v) is 3.16. The largest absolute Gasteiger partial charge is 0.352 e. The van der Waals surface area contributed by atoms with Gasteiger partial charge in [-0.2, -0.15) is 0 Å². The Hall–Kier alpha value is -1.95. The van der Waals surface area contributed by atoms with Gasteiger partial charge >= 0.3 is 0 Å². The molecule has 1 aromatic carbocycles. The van der Waals surface area contributed by atoms with Crippen molar-refractivity contribution in [1.82, 2.24) is 15.3 Å². The molecule has 0 aliphatic carbocycles. The normalized spacial score (nSPS) is 15.4. The quantitative estimate of drug-likeness (QED) is 0.893. The van der Waals surface area contributed by atoms with Crippen LogP contribution < -0.4 is 10.2 Å². The molecule has 0 radical (unpaired) electrons. The second-order valence-corrected chi connectivity index (χ2v) is 6.62. The zero-order valence-electron chi connectivity index (χ0n) is 12.8. The number of benzene rings is 1. The van der Waals surface area contributed by atoms with E-state index in [1.165, 1.54) is 0 Å². The molecule has 0 atom stereocenters. The lowest BCUT2D eigenvalue weighted by atomic mass is 9.97. The van der Waals surface area contributed by atoms with Gasteiger partial charge in [-0.3, -0.25) is 4.79 Å². The number of anilines is 1. The van der Waals surface area contributed by atoms with Crippen molar-refractivity contribution >= 4 is 27.8 Å². The number of hydrogen-bond acceptors (Lipinski definition) is 4. The first-order valence-corrected chi connectivity index (χ1v) is 8.57. The first-order chi connectivity index (χ1) is 11.2. The summed E-state index contributed by atoms with van der Waals surface area (Å²) in [6, 6.07) is 9.28. The summed E-state index contributed by atoms with van der Waals surface area (Å²) in [4.78, 5) is 22.9. The Bertz CT molecular complexity index is 657. The van der Waals surface area contributed by atoms with Gasteiger partial charge in [0.2, 0.25) is 5.95 Å². The maximum atomic E-state index is 12.2. The number of hydrogen-bond donors (Lipinski definition) is 1. The van der Waals surface area contributed by atoms with E-state index in [4.69, 9.17) is 0 Å². The third-order valence-electron chi connectivity index (χ3n) is 4.09. The van der Waals surface area contributed by atoms with Crippen LogP contribution in [-0.2, 0) is 0 Å². The van der Waals surface area contributed by atoms with Crippen molar-refractivity contribution in [2.24, 2.45) is 5.92 Å². The molecule has 120 valence electrons. The topological polar surface area (TPSA) is 58.1 Å². The lowest BCUT2D eigenvalue weighted by Crippen LogP contribution is -2.39. The SMILES string of the molecule is O=C(NCC1CCN(c2ncccn2)CC1)c1cccc(Br)c1. The van der Waals surface area contributed by atoms with E-state index < -0.39 is 0 Å². The highest BCUT2D eigenvalue weighted by atomic mass is 79.9. The third-order valence-corrected chi connectivity index (χ3v) is 4.58. The monoisotopic (exact) mass is 374 g/mol. The van der Waals surface area contributed by atoms with E-state index in [2.05, 4.69) is 36.1 Å². The minimum absolute atomic E-state index is 0.0138. The molecule has 23 heavy (non-hydrogen) atoms. The van der Waals surface area contributed by atoms with Gasteiger partial charge < -0.3 is 10.2 Å². The lowest BCUT2D eigenvalue weighted by Gasteiger charge is -2.31. The second-order valence-electron chi connectivity index (χ2n) is 5.70. The maximum absolute atomic E-state index is 12.2. The minimum Gasteiger partial charge on any atom is -0.352 e. The molecule has 0 saturated carbocycles. The van der Waals surface area contributed by atoms with Crippen molar-refractivity contribution in [3.05, 3.63) is 52.8 Å². The molecule has 1 fully saturated rings. The van der Waals surface area contributed by atoms with Gasteiger partial charge in [0.15, 0.2) is 0 Å². The first-order valence-electron chi connectivity index (χ1n) is 7.78. The van der Waals surface area contributed by atoms with Crippen molar-refractivity contribution in [3.63, 3.8) is 0 Å². The van der Waals surface area contributed by atoms with E-state index in [-0.39, 0.29) is 5.91 Å². The van der Waals surface area contributed by atoms with Crippen molar-refractivity contribution in [3.8, 4) is 0 Å². The number of nitrogens with one attached hydrogen (secondary N) is 1. The van der Waals surface area contributed by atoms with Gasteiger partial charge in [0, 0.05) is 42.1 Å². The zero-order chi connectivity index (χ0) is 16.1. The highest BCUT2D eigenvalue weighted by Gasteiger charge is 2.21. The number of carbonyl (C=O) groups is 1. The molecular weight excluding hydrogens is 356 g/mol. The predicted octanol–water partition coefficient (Wildman–Crippen LogP) is 2.89. The number of rotatable bonds is 4. The van der Waals surface area contributed by atoms with Crippen LogP contribution in [0.1, 0.15) is 23.2 Å². The summed E-state index contributed by atoms with van der Waals surface area (Å²) in [7, 11) is 0. The standard InChI is InChI=1S/C17H19BrN4O/c18-15-4-1-3-14(11-15)16(23)21-12-13-5-9-22(10-6-13)17-19-7-2-8-20-17/h1-4,7-8,11,13H,5-6,9-10,12H2,(H,21,23). The number of nitrogens with zero attached hydrogens (tertiary/aromatic N) is 3. The Morgan fingerprint density at radius 2 is 1.96 bits per heavy atom. The van der Waals surface area contributed by atoms with Gasteiger partial charge in [-0.15, -0.1) is 0 Å². The molecule has 0 spiro atoms. The Balaban J connectivity index is 1.47. The van der Waals surface area contributed by atoms with Gasteiger partial charge in [0.25, 0.3) is 5.91 Å². The Morgan fingerprint density at radius 3 is 2.65 bits per heavy atom. The number of halogens is 1. The molecule has 1 aliphatic rings. The summed E-state index contributed by atoms with van der Waals surface area (Å²) in [5.41, 5.74) is 0.689. The fourth-order valence-electron chi connectivity index (χ4n) is 2.76. The van der Waals surface area contributed by atoms with E-state index in [1.807, 2.05) is 30.3 Å². The summed E-state index contributed by atoms with van der Waals surface area (Å²) >= 11 is 3.39. The molecule has 1 saturated heterocycles. The molecule has 6 heteroatoms. The van der Waals surface area contributed by atoms with E-state index >= 15 is 0 Å². The van der Waals surface area contributed by atoms with E-state index in [1.54, 1.807) is 12.4 Å². The van der Waals surface area contributed by atoms with Gasteiger partial charge in [0.1, 0.15) is 0 Å². The molecule has 0 unspecified atom stereocenters. The van der Waals surface area contributed by atoms with Crippen LogP contribution in [0.2, 0.25) is 0 Å². The van der Waals surface area contributed by atoms with Crippen LogP contribution in [0.3, 0.4) is 0 Å². The highest BCUT2D eigenvalue weighted by Crippen LogP contribution is 2.20. The molecule has 1 amide bonds. The van der Waals surface area contributed by atoms with Gasteiger partial charge in [-0.05, 0) is 43.0 Å². The first kappa shape index (κ1) is 15.9. The summed E-state index contributed by atoms with van der Waals surface area (Å²) < 4.78 is 0.918. The van der Waals surface area contributed by atoms with E-state index in [0.29, 0.717) is 11.5 Å². The Morgan fingerprint density at radius 1 is 1.22 bits per heavy atom. The molecule has 3 rings (SSSR count). The van der Waals surface area contributed by atoms with Crippen molar-refractivity contribution in [2.45, 2.75) is 12.8 Å². The van der Waals surface area contributed by atoms with E-state index in [9.17, 15) is 4.79 Å². The summed E-state index contributed by atoms with van der Waals surface area (Å²) in [6.45, 7) is 2.58. The molecule has 0 bridgehead atoms. The smallest absolute Gasteiger partial charge is 0.251 e. The van der Waals surface area contributed by atoms with Crippen LogP contribution in [-0.4, -0.2) is 35.5 Å². The predicted molar refractivity (Wildman–Crippen MR) is 93.4 cm³/mol. The molecule has 1 N–H and O–H groups in total. The molecular formula is C17H19BrN4O. The third kappa shape index (κ3) is 4.28. The Labute approximate surface area is 144 Å². The van der Waals surface area contributed by atoms with Crippen molar-refractivity contribution in [2.75, 3.05) is 24.5 Å². The molecule has 1 aromatic heterocycles. The van der Waals surface area contributed by atoms with Crippen LogP contribution in [0, 0.1) is 5.92 Å². The number of aromatic nitrogens is 2. The Kier molecular flexibility index (Phi) is 5.23. The van der Waals surface area contributed by atoms with Crippen LogP contribution in [0.4, 0.5) is 5.95 Å². The second kappa shape index (κ2) is 7.55. The van der Waals surface area contributed by atoms with Gasteiger partial charge in [-0.1, -0.05) is 22.0 Å². The summed E-state index contributed by atoms with van der Waals surface area (Å²) in [5.74, 6) is 1.29. The van der Waals surface area contributed by atoms with Crippen LogP contribution in [0.5, 0.6) is 0 Å². The maximum Gasteiger partial charge on any atom is 0.251 e. The fraction of sp³-hybridized carbons (Fsp3) is 0.353. The lowest BCUT2D eigenvalue weighted by molar-refractivity contribution is 0.0945. The van der Waals surface area contributed by atoms with Crippen molar-refractivity contribution in [1.29, 1.82) is 0 Å². The highest BCUT2D eigenvalue weighted by molar-refractivity contribution is 9.10. The summed E-state index contributed by atoms with van der Waals surface area (Å²) in [6.07, 6.45) is 5.62. The average Bonchev–Trinajstić information content (AvgIpc) is 2.61. The summed E-state index contributed by atoms with van der Waals surface area (Å²) in [5, 5.41) is 3.04. The average molecular weight is 375 g/mol. The van der Waals surface area contributed by atoms with Gasteiger partial charge in [0.05, 0.1) is 0 Å². The molecule has 5 nitrogen and oxygen atoms in total. The number of piperidine rings is 1. The van der Waals surface area contributed by atoms with Crippen molar-refractivity contribution < 1.29 is 4.79 Å². The number of carbonyl (C=O) groups excluding carboxylic acids is 1. The zero-order valence-corrected chi connectivity index (χ0v) is 14.4.